The molecular formula is C24H28N4O4. The molecule has 8 nitrogen and oxygen atoms in total. The average molecular weight is 437 g/mol. The lowest BCUT2D eigenvalue weighted by atomic mass is 9.99. The van der Waals surface area contributed by atoms with Crippen LogP contribution in [0, 0.1) is 6.92 Å². The number of likely N-dealkylation sites (tertiary alicyclic amines) is 1. The lowest BCUT2D eigenvalue weighted by molar-refractivity contribution is -0.0140. The summed E-state index contributed by atoms with van der Waals surface area (Å²) >= 11 is 0. The molecule has 1 saturated heterocycles. The summed E-state index contributed by atoms with van der Waals surface area (Å²) in [7, 11) is 1.91. The number of carbonyl (C=O) groups is 1. The second kappa shape index (κ2) is 9.10. The van der Waals surface area contributed by atoms with Crippen molar-refractivity contribution in [2.45, 2.75) is 38.6 Å². The number of nitrogens with zero attached hydrogens (tertiary/aromatic N) is 4. The Morgan fingerprint density at radius 1 is 1.25 bits per heavy atom. The molecule has 0 radical (unpaired) electrons. The first kappa shape index (κ1) is 22.0. The molecule has 0 spiro atoms. The number of piperidine rings is 1. The van der Waals surface area contributed by atoms with E-state index >= 15 is 0 Å². The first-order chi connectivity index (χ1) is 15.3. The summed E-state index contributed by atoms with van der Waals surface area (Å²) in [5.74, 6) is 0. The number of aliphatic hydroxyl groups is 1. The number of aromatic nitrogens is 2. The maximum atomic E-state index is 13.2. The smallest absolute Gasteiger partial charge is 0.407 e. The van der Waals surface area contributed by atoms with Gasteiger partial charge in [-0.1, -0.05) is 12.1 Å². The van der Waals surface area contributed by atoms with E-state index in [-0.39, 0.29) is 12.0 Å². The number of carboxylic acid groups (broad SMARTS) is 1. The Morgan fingerprint density at radius 2 is 2.03 bits per heavy atom. The van der Waals surface area contributed by atoms with Crippen LogP contribution in [0.4, 0.5) is 4.79 Å². The molecule has 1 aliphatic heterocycles. The zero-order valence-corrected chi connectivity index (χ0v) is 18.3. The van der Waals surface area contributed by atoms with Gasteiger partial charge in [0.15, 0.2) is 5.43 Å². The SMILES string of the molecule is Cc1cc(CN(Cc2cn(C)c3ccccc3c2=O)[C@@H]2CN(C(=O)O)CC[C@H]2O)ccn1. The number of aliphatic hydroxyl groups excluding tert-OH is 1. The van der Waals surface area contributed by atoms with E-state index in [1.54, 1.807) is 6.20 Å². The maximum Gasteiger partial charge on any atom is 0.407 e. The van der Waals surface area contributed by atoms with Crippen LogP contribution < -0.4 is 5.43 Å². The molecule has 0 aliphatic carbocycles. The highest BCUT2D eigenvalue weighted by molar-refractivity contribution is 5.79. The molecule has 2 atom stereocenters. The quantitative estimate of drug-likeness (QED) is 0.637. The topological polar surface area (TPSA) is 98.9 Å². The predicted octanol–water partition coefficient (Wildman–Crippen LogP) is 2.36. The third-order valence-electron chi connectivity index (χ3n) is 6.18. The lowest BCUT2D eigenvalue weighted by Crippen LogP contribution is -2.56. The fraction of sp³-hybridized carbons (Fsp3) is 0.375. The van der Waals surface area contributed by atoms with Crippen molar-refractivity contribution >= 4 is 17.0 Å². The maximum absolute atomic E-state index is 13.2. The van der Waals surface area contributed by atoms with E-state index in [1.807, 2.05) is 66.0 Å². The molecule has 1 fully saturated rings. The zero-order chi connectivity index (χ0) is 22.8. The minimum Gasteiger partial charge on any atom is -0.465 e. The molecule has 2 aromatic heterocycles. The summed E-state index contributed by atoms with van der Waals surface area (Å²) in [5.41, 5.74) is 3.29. The van der Waals surface area contributed by atoms with Crippen molar-refractivity contribution in [1.29, 1.82) is 0 Å². The number of benzene rings is 1. The summed E-state index contributed by atoms with van der Waals surface area (Å²) in [4.78, 5) is 32.4. The molecule has 1 aromatic carbocycles. The van der Waals surface area contributed by atoms with E-state index in [0.717, 1.165) is 16.8 Å². The third kappa shape index (κ3) is 4.51. The largest absolute Gasteiger partial charge is 0.465 e. The predicted molar refractivity (Wildman–Crippen MR) is 121 cm³/mol. The van der Waals surface area contributed by atoms with Gasteiger partial charge in [0.05, 0.1) is 17.7 Å². The van der Waals surface area contributed by atoms with Crippen molar-refractivity contribution in [3.05, 3.63) is 75.8 Å². The van der Waals surface area contributed by atoms with Crippen LogP contribution in [0.2, 0.25) is 0 Å². The normalized spacial score (nSPS) is 18.9. The van der Waals surface area contributed by atoms with Gasteiger partial charge in [0, 0.05) is 62.3 Å². The van der Waals surface area contributed by atoms with Gasteiger partial charge in [0.2, 0.25) is 0 Å². The fourth-order valence-corrected chi connectivity index (χ4v) is 4.52. The highest BCUT2D eigenvalue weighted by atomic mass is 16.4. The van der Waals surface area contributed by atoms with Gasteiger partial charge in [-0.25, -0.2) is 4.79 Å². The second-order valence-corrected chi connectivity index (χ2v) is 8.47. The number of pyridine rings is 2. The first-order valence-electron chi connectivity index (χ1n) is 10.7. The summed E-state index contributed by atoms with van der Waals surface area (Å²) < 4.78 is 1.93. The Morgan fingerprint density at radius 3 is 2.78 bits per heavy atom. The Kier molecular flexibility index (Phi) is 6.25. The van der Waals surface area contributed by atoms with Gasteiger partial charge in [0.25, 0.3) is 0 Å². The van der Waals surface area contributed by atoms with E-state index in [2.05, 4.69) is 4.98 Å². The van der Waals surface area contributed by atoms with E-state index in [9.17, 15) is 19.8 Å². The number of hydrogen-bond acceptors (Lipinski definition) is 5. The van der Waals surface area contributed by atoms with Crippen molar-refractivity contribution in [2.24, 2.45) is 7.05 Å². The number of aryl methyl sites for hydroxylation is 2. The standard InChI is InChI=1S/C24H28N4O4/c1-16-11-17(7-9-25-16)12-28(21-15-27(24(31)32)10-8-22(21)29)14-18-13-26(2)20-6-4-3-5-19(20)23(18)30/h3-7,9,11,13,21-22,29H,8,10,12,14-15H2,1-2H3,(H,31,32)/t21-,22-/m1/s1. The van der Waals surface area contributed by atoms with Crippen molar-refractivity contribution in [3.8, 4) is 0 Å². The molecule has 8 heteroatoms. The lowest BCUT2D eigenvalue weighted by Gasteiger charge is -2.41. The molecule has 3 aromatic rings. The molecule has 0 unspecified atom stereocenters. The number of rotatable bonds is 5. The molecule has 2 N–H and O–H groups in total. The molecule has 1 aliphatic rings. The fourth-order valence-electron chi connectivity index (χ4n) is 4.52. The molecular weight excluding hydrogens is 408 g/mol. The number of fused-ring (bicyclic) bond motifs is 1. The van der Waals surface area contributed by atoms with Gasteiger partial charge in [-0.2, -0.15) is 0 Å². The first-order valence-corrected chi connectivity index (χ1v) is 10.7. The summed E-state index contributed by atoms with van der Waals surface area (Å²) in [6, 6.07) is 10.9. The minimum atomic E-state index is -0.997. The average Bonchev–Trinajstić information content (AvgIpc) is 2.77. The highest BCUT2D eigenvalue weighted by Gasteiger charge is 2.34. The summed E-state index contributed by atoms with van der Waals surface area (Å²) in [6.07, 6.45) is 2.25. The van der Waals surface area contributed by atoms with Gasteiger partial charge in [-0.15, -0.1) is 0 Å². The highest BCUT2D eigenvalue weighted by Crippen LogP contribution is 2.22. The second-order valence-electron chi connectivity index (χ2n) is 8.47. The van der Waals surface area contributed by atoms with Crippen LogP contribution in [0.1, 0.15) is 23.2 Å². The molecule has 0 bridgehead atoms. The Hall–Kier alpha value is -3.23. The minimum absolute atomic E-state index is 0.0463. The van der Waals surface area contributed by atoms with Gasteiger partial charge >= 0.3 is 6.09 Å². The van der Waals surface area contributed by atoms with Crippen molar-refractivity contribution in [2.75, 3.05) is 13.1 Å². The number of amides is 1. The third-order valence-corrected chi connectivity index (χ3v) is 6.18. The van der Waals surface area contributed by atoms with Gasteiger partial charge in [0.1, 0.15) is 0 Å². The zero-order valence-electron chi connectivity index (χ0n) is 18.3. The molecule has 4 rings (SSSR count). The van der Waals surface area contributed by atoms with Gasteiger partial charge in [-0.3, -0.25) is 14.7 Å². The van der Waals surface area contributed by atoms with Gasteiger partial charge in [-0.05, 0) is 43.2 Å². The van der Waals surface area contributed by atoms with Crippen molar-refractivity contribution in [3.63, 3.8) is 0 Å². The molecule has 3 heterocycles. The number of para-hydroxylation sites is 1. The van der Waals surface area contributed by atoms with Crippen LogP contribution in [-0.2, 0) is 20.1 Å². The molecule has 0 saturated carbocycles. The van der Waals surface area contributed by atoms with Crippen molar-refractivity contribution < 1.29 is 15.0 Å². The van der Waals surface area contributed by atoms with Crippen LogP contribution in [0.15, 0.2) is 53.6 Å². The number of hydrogen-bond donors (Lipinski definition) is 2. The Bertz CT molecular complexity index is 1190. The molecule has 168 valence electrons. The van der Waals surface area contributed by atoms with Crippen LogP contribution in [-0.4, -0.2) is 60.9 Å². The molecule has 1 amide bonds. The monoisotopic (exact) mass is 436 g/mol. The molecule has 32 heavy (non-hydrogen) atoms. The Labute approximate surface area is 186 Å². The van der Waals surface area contributed by atoms with E-state index in [1.165, 1.54) is 4.90 Å². The van der Waals surface area contributed by atoms with E-state index < -0.39 is 18.2 Å². The van der Waals surface area contributed by atoms with Crippen LogP contribution >= 0.6 is 0 Å². The summed E-state index contributed by atoms with van der Waals surface area (Å²) in [6.45, 7) is 3.17. The van der Waals surface area contributed by atoms with E-state index in [4.69, 9.17) is 0 Å². The van der Waals surface area contributed by atoms with Crippen LogP contribution in [0.25, 0.3) is 10.9 Å². The Balaban J connectivity index is 1.72. The van der Waals surface area contributed by atoms with Crippen LogP contribution in [0.5, 0.6) is 0 Å². The summed E-state index contributed by atoms with van der Waals surface area (Å²) in [5, 5.41) is 20.9. The van der Waals surface area contributed by atoms with Gasteiger partial charge < -0.3 is 19.7 Å². The van der Waals surface area contributed by atoms with Crippen molar-refractivity contribution in [1.82, 2.24) is 19.4 Å². The van der Waals surface area contributed by atoms with E-state index in [0.29, 0.717) is 37.0 Å². The van der Waals surface area contributed by atoms with Crippen LogP contribution in [0.3, 0.4) is 0 Å².